The van der Waals surface area contributed by atoms with E-state index in [0.29, 0.717) is 10.6 Å². The van der Waals surface area contributed by atoms with E-state index in [1.54, 1.807) is 18.2 Å². The maximum absolute atomic E-state index is 10.7. The monoisotopic (exact) mass is 213 g/mol. The summed E-state index contributed by atoms with van der Waals surface area (Å²) >= 11 is 5.79. The number of carbonyl (C=O) groups is 1. The Morgan fingerprint density at radius 2 is 2.29 bits per heavy atom. The molecule has 0 aliphatic carbocycles. The van der Waals surface area contributed by atoms with Gasteiger partial charge in [0, 0.05) is 5.02 Å². The van der Waals surface area contributed by atoms with Crippen molar-refractivity contribution in [3.8, 4) is 0 Å². The molecule has 3 N–H and O–H groups in total. The number of halogens is 1. The summed E-state index contributed by atoms with van der Waals surface area (Å²) in [5.41, 5.74) is 7.03. The van der Waals surface area contributed by atoms with E-state index in [1.807, 2.05) is 6.92 Å². The lowest BCUT2D eigenvalue weighted by atomic mass is 9.99. The lowest BCUT2D eigenvalue weighted by molar-refractivity contribution is -0.138. The van der Waals surface area contributed by atoms with Gasteiger partial charge in [-0.25, -0.2) is 0 Å². The minimum absolute atomic E-state index is 0.600. The molecule has 1 rings (SSSR count). The second kappa shape index (κ2) is 4.44. The number of rotatable bonds is 3. The third-order valence-electron chi connectivity index (χ3n) is 2.09. The van der Waals surface area contributed by atoms with Gasteiger partial charge in [0.05, 0.1) is 0 Å². The molecule has 0 aromatic heterocycles. The van der Waals surface area contributed by atoms with E-state index in [0.717, 1.165) is 12.0 Å². The van der Waals surface area contributed by atoms with Gasteiger partial charge in [-0.15, -0.1) is 0 Å². The zero-order valence-corrected chi connectivity index (χ0v) is 8.58. The van der Waals surface area contributed by atoms with E-state index in [2.05, 4.69) is 0 Å². The topological polar surface area (TPSA) is 63.3 Å². The predicted octanol–water partition coefficient (Wildman–Crippen LogP) is 1.99. The van der Waals surface area contributed by atoms with Crippen LogP contribution in [0.3, 0.4) is 0 Å². The molecule has 1 atom stereocenters. The van der Waals surface area contributed by atoms with Gasteiger partial charge in [-0.1, -0.05) is 24.6 Å². The molecule has 0 saturated heterocycles. The average Bonchev–Trinajstić information content (AvgIpc) is 2.16. The molecular weight excluding hydrogens is 202 g/mol. The predicted molar refractivity (Wildman–Crippen MR) is 55.4 cm³/mol. The van der Waals surface area contributed by atoms with Crippen molar-refractivity contribution in [1.82, 2.24) is 0 Å². The van der Waals surface area contributed by atoms with Gasteiger partial charge >= 0.3 is 5.97 Å². The standard InChI is InChI=1S/C10H12ClNO2/c1-2-6-5-7(11)3-4-8(6)9(12)10(13)14/h3-5,9H,2,12H2,1H3,(H,13,14). The second-order valence-electron chi connectivity index (χ2n) is 3.01. The van der Waals surface area contributed by atoms with Crippen LogP contribution in [0, 0.1) is 0 Å². The van der Waals surface area contributed by atoms with Crippen LogP contribution in [0.5, 0.6) is 0 Å². The molecule has 76 valence electrons. The summed E-state index contributed by atoms with van der Waals surface area (Å²) in [5.74, 6) is -1.03. The zero-order valence-electron chi connectivity index (χ0n) is 7.83. The largest absolute Gasteiger partial charge is 0.480 e. The summed E-state index contributed by atoms with van der Waals surface area (Å²) in [7, 11) is 0. The summed E-state index contributed by atoms with van der Waals surface area (Å²) in [5, 5.41) is 9.37. The summed E-state index contributed by atoms with van der Waals surface area (Å²) in [6.07, 6.45) is 0.719. The molecule has 0 saturated carbocycles. The molecule has 1 aromatic carbocycles. The number of carboxylic acid groups (broad SMARTS) is 1. The van der Waals surface area contributed by atoms with Crippen molar-refractivity contribution >= 4 is 17.6 Å². The normalized spacial score (nSPS) is 12.5. The molecule has 0 bridgehead atoms. The fourth-order valence-electron chi connectivity index (χ4n) is 1.32. The molecule has 1 unspecified atom stereocenters. The highest BCUT2D eigenvalue weighted by Crippen LogP contribution is 2.21. The Hall–Kier alpha value is -1.06. The maximum Gasteiger partial charge on any atom is 0.325 e. The van der Waals surface area contributed by atoms with Crippen molar-refractivity contribution < 1.29 is 9.90 Å². The summed E-state index contributed by atoms with van der Waals surface area (Å²) < 4.78 is 0. The maximum atomic E-state index is 10.7. The molecule has 14 heavy (non-hydrogen) atoms. The average molecular weight is 214 g/mol. The fraction of sp³-hybridized carbons (Fsp3) is 0.300. The van der Waals surface area contributed by atoms with Crippen molar-refractivity contribution in [3.05, 3.63) is 34.3 Å². The minimum Gasteiger partial charge on any atom is -0.480 e. The van der Waals surface area contributed by atoms with Gasteiger partial charge in [0.25, 0.3) is 0 Å². The van der Waals surface area contributed by atoms with Crippen molar-refractivity contribution in [2.45, 2.75) is 19.4 Å². The Labute approximate surface area is 87.5 Å². The SMILES string of the molecule is CCc1cc(Cl)ccc1C(N)C(=O)O. The van der Waals surface area contributed by atoms with Crippen molar-refractivity contribution in [3.63, 3.8) is 0 Å². The lowest BCUT2D eigenvalue weighted by Gasteiger charge is -2.11. The highest BCUT2D eigenvalue weighted by molar-refractivity contribution is 6.30. The molecule has 0 aliphatic rings. The number of aliphatic carboxylic acids is 1. The van der Waals surface area contributed by atoms with E-state index >= 15 is 0 Å². The molecular formula is C10H12ClNO2. The van der Waals surface area contributed by atoms with Crippen LogP contribution in [0.2, 0.25) is 5.02 Å². The second-order valence-corrected chi connectivity index (χ2v) is 3.45. The van der Waals surface area contributed by atoms with E-state index in [-0.39, 0.29) is 0 Å². The van der Waals surface area contributed by atoms with Crippen molar-refractivity contribution in [1.29, 1.82) is 0 Å². The van der Waals surface area contributed by atoms with Gasteiger partial charge in [-0.2, -0.15) is 0 Å². The molecule has 0 radical (unpaired) electrons. The molecule has 4 heteroatoms. The van der Waals surface area contributed by atoms with E-state index in [1.165, 1.54) is 0 Å². The van der Waals surface area contributed by atoms with Gasteiger partial charge in [-0.05, 0) is 29.7 Å². The first-order valence-corrected chi connectivity index (χ1v) is 4.70. The Kier molecular flexibility index (Phi) is 3.49. The number of aryl methyl sites for hydroxylation is 1. The first-order valence-electron chi connectivity index (χ1n) is 4.33. The molecule has 0 spiro atoms. The number of nitrogens with two attached hydrogens (primary N) is 1. The van der Waals surface area contributed by atoms with Gasteiger partial charge in [0.15, 0.2) is 0 Å². The van der Waals surface area contributed by atoms with Gasteiger partial charge in [-0.3, -0.25) is 4.79 Å². The quantitative estimate of drug-likeness (QED) is 0.807. The number of benzene rings is 1. The Bertz CT molecular complexity index is 352. The fourth-order valence-corrected chi connectivity index (χ4v) is 1.51. The summed E-state index contributed by atoms with van der Waals surface area (Å²) in [4.78, 5) is 10.7. The molecule has 0 aliphatic heterocycles. The van der Waals surface area contributed by atoms with Crippen LogP contribution in [0.15, 0.2) is 18.2 Å². The molecule has 0 heterocycles. The van der Waals surface area contributed by atoms with E-state index in [4.69, 9.17) is 22.4 Å². The molecule has 3 nitrogen and oxygen atoms in total. The van der Waals surface area contributed by atoms with Crippen LogP contribution in [-0.2, 0) is 11.2 Å². The number of carboxylic acids is 1. The molecule has 1 aromatic rings. The first kappa shape index (κ1) is 11.0. The smallest absolute Gasteiger partial charge is 0.325 e. The minimum atomic E-state index is -1.03. The Morgan fingerprint density at radius 3 is 2.79 bits per heavy atom. The third kappa shape index (κ3) is 2.25. The summed E-state index contributed by atoms with van der Waals surface area (Å²) in [6, 6.07) is 4.10. The van der Waals surface area contributed by atoms with Gasteiger partial charge in [0.1, 0.15) is 6.04 Å². The summed E-state index contributed by atoms with van der Waals surface area (Å²) in [6.45, 7) is 1.93. The van der Waals surface area contributed by atoms with Gasteiger partial charge < -0.3 is 10.8 Å². The third-order valence-corrected chi connectivity index (χ3v) is 2.32. The number of hydrogen-bond donors (Lipinski definition) is 2. The van der Waals surface area contributed by atoms with Crippen LogP contribution >= 0.6 is 11.6 Å². The Morgan fingerprint density at radius 1 is 1.64 bits per heavy atom. The molecule has 0 amide bonds. The highest BCUT2D eigenvalue weighted by atomic mass is 35.5. The first-order chi connectivity index (χ1) is 6.56. The molecule has 0 fully saturated rings. The highest BCUT2D eigenvalue weighted by Gasteiger charge is 2.17. The van der Waals surface area contributed by atoms with Crippen LogP contribution in [-0.4, -0.2) is 11.1 Å². The van der Waals surface area contributed by atoms with Crippen molar-refractivity contribution in [2.24, 2.45) is 5.73 Å². The van der Waals surface area contributed by atoms with Crippen molar-refractivity contribution in [2.75, 3.05) is 0 Å². The lowest BCUT2D eigenvalue weighted by Crippen LogP contribution is -2.21. The zero-order chi connectivity index (χ0) is 10.7. The van der Waals surface area contributed by atoms with Crippen LogP contribution in [0.1, 0.15) is 24.1 Å². The van der Waals surface area contributed by atoms with E-state index in [9.17, 15) is 4.79 Å². The van der Waals surface area contributed by atoms with Gasteiger partial charge in [0.2, 0.25) is 0 Å². The van der Waals surface area contributed by atoms with E-state index < -0.39 is 12.0 Å². The van der Waals surface area contributed by atoms with Crippen LogP contribution in [0.4, 0.5) is 0 Å². The number of hydrogen-bond acceptors (Lipinski definition) is 2. The van der Waals surface area contributed by atoms with Crippen LogP contribution < -0.4 is 5.73 Å². The Balaban J connectivity index is 3.13. The van der Waals surface area contributed by atoms with Crippen LogP contribution in [0.25, 0.3) is 0 Å².